The summed E-state index contributed by atoms with van der Waals surface area (Å²) in [6, 6.07) is 8.53. The Morgan fingerprint density at radius 3 is 2.85 bits per heavy atom. The minimum absolute atomic E-state index is 0.622. The maximum absolute atomic E-state index is 5.66. The molecule has 6 heteroatoms. The van der Waals surface area contributed by atoms with Crippen molar-refractivity contribution in [3.8, 4) is 0 Å². The third kappa shape index (κ3) is 7.17. The summed E-state index contributed by atoms with van der Waals surface area (Å²) in [6.45, 7) is 9.82. The molecule has 2 rings (SSSR count). The van der Waals surface area contributed by atoms with Gasteiger partial charge in [0.1, 0.15) is 0 Å². The van der Waals surface area contributed by atoms with Gasteiger partial charge in [-0.25, -0.2) is 0 Å². The van der Waals surface area contributed by atoms with Crippen LogP contribution in [0.1, 0.15) is 31.4 Å². The van der Waals surface area contributed by atoms with Crippen molar-refractivity contribution in [1.82, 2.24) is 10.2 Å². The molecule has 1 fully saturated rings. The standard InChI is InChI=1S/C20H33N3O2S/c1-4-19-15-23(9-12-26-19)20(21-3)22-14-17-7-6-8-18(13-17)16-25-11-10-24-5-2/h6-8,13,19H,4-5,9-12,14-16H2,1-3H3,(H,21,22). The lowest BCUT2D eigenvalue weighted by atomic mass is 10.1. The summed E-state index contributed by atoms with van der Waals surface area (Å²) in [5.41, 5.74) is 2.44. The number of thioether (sulfide) groups is 1. The summed E-state index contributed by atoms with van der Waals surface area (Å²) >= 11 is 2.08. The predicted molar refractivity (Wildman–Crippen MR) is 111 cm³/mol. The monoisotopic (exact) mass is 379 g/mol. The van der Waals surface area contributed by atoms with Crippen molar-refractivity contribution < 1.29 is 9.47 Å². The van der Waals surface area contributed by atoms with E-state index in [9.17, 15) is 0 Å². The minimum atomic E-state index is 0.622. The fourth-order valence-corrected chi connectivity index (χ4v) is 4.13. The Morgan fingerprint density at radius 2 is 2.08 bits per heavy atom. The lowest BCUT2D eigenvalue weighted by molar-refractivity contribution is 0.0453. The van der Waals surface area contributed by atoms with Crippen LogP contribution in [0.4, 0.5) is 0 Å². The first-order valence-electron chi connectivity index (χ1n) is 9.57. The Bertz CT molecular complexity index is 554. The number of rotatable bonds is 9. The molecule has 0 radical (unpaired) electrons. The molecule has 1 aromatic rings. The van der Waals surface area contributed by atoms with Gasteiger partial charge < -0.3 is 19.7 Å². The number of aliphatic imine (C=N–C) groups is 1. The molecule has 1 N–H and O–H groups in total. The zero-order valence-corrected chi connectivity index (χ0v) is 17.2. The van der Waals surface area contributed by atoms with Crippen LogP contribution in [0.5, 0.6) is 0 Å². The summed E-state index contributed by atoms with van der Waals surface area (Å²) in [7, 11) is 1.87. The highest BCUT2D eigenvalue weighted by molar-refractivity contribution is 8.00. The smallest absolute Gasteiger partial charge is 0.193 e. The van der Waals surface area contributed by atoms with Crippen LogP contribution in [0.2, 0.25) is 0 Å². The fraction of sp³-hybridized carbons (Fsp3) is 0.650. The number of nitrogens with one attached hydrogen (secondary N) is 1. The van der Waals surface area contributed by atoms with Gasteiger partial charge in [0.25, 0.3) is 0 Å². The molecule has 0 saturated carbocycles. The molecule has 0 bridgehead atoms. The molecule has 26 heavy (non-hydrogen) atoms. The van der Waals surface area contributed by atoms with Gasteiger partial charge in [-0.1, -0.05) is 31.2 Å². The Balaban J connectivity index is 1.81. The van der Waals surface area contributed by atoms with Crippen LogP contribution in [0.15, 0.2) is 29.3 Å². The molecule has 1 atom stereocenters. The summed E-state index contributed by atoms with van der Waals surface area (Å²) in [5, 5.41) is 4.22. The van der Waals surface area contributed by atoms with Gasteiger partial charge in [0.05, 0.1) is 19.8 Å². The van der Waals surface area contributed by atoms with Gasteiger partial charge in [-0.2, -0.15) is 11.8 Å². The van der Waals surface area contributed by atoms with Crippen molar-refractivity contribution in [3.63, 3.8) is 0 Å². The number of hydrogen-bond donors (Lipinski definition) is 1. The topological polar surface area (TPSA) is 46.1 Å². The molecule has 1 aliphatic rings. The van der Waals surface area contributed by atoms with E-state index in [1.165, 1.54) is 23.3 Å². The SMILES string of the molecule is CCOCCOCc1cccc(CNC(=NC)N2CCSC(CC)C2)c1. The normalized spacial score (nSPS) is 18.2. The molecule has 0 amide bonds. The molecule has 1 unspecified atom stereocenters. The van der Waals surface area contributed by atoms with Crippen molar-refractivity contribution in [2.24, 2.45) is 4.99 Å². The van der Waals surface area contributed by atoms with E-state index in [1.807, 2.05) is 14.0 Å². The van der Waals surface area contributed by atoms with Crippen LogP contribution in [0.25, 0.3) is 0 Å². The van der Waals surface area contributed by atoms with E-state index < -0.39 is 0 Å². The molecule has 5 nitrogen and oxygen atoms in total. The number of nitrogens with zero attached hydrogens (tertiary/aromatic N) is 2. The maximum Gasteiger partial charge on any atom is 0.193 e. The quantitative estimate of drug-likeness (QED) is 0.406. The van der Waals surface area contributed by atoms with E-state index in [4.69, 9.17) is 9.47 Å². The molecule has 1 aromatic carbocycles. The number of guanidine groups is 1. The van der Waals surface area contributed by atoms with Crippen LogP contribution >= 0.6 is 11.8 Å². The molecule has 0 aliphatic carbocycles. The zero-order valence-electron chi connectivity index (χ0n) is 16.4. The van der Waals surface area contributed by atoms with E-state index in [-0.39, 0.29) is 0 Å². The number of hydrogen-bond acceptors (Lipinski definition) is 4. The first kappa shape index (κ1) is 21.1. The summed E-state index contributed by atoms with van der Waals surface area (Å²) in [5.74, 6) is 2.18. The highest BCUT2D eigenvalue weighted by Crippen LogP contribution is 2.21. The molecular formula is C20H33N3O2S. The molecule has 1 aliphatic heterocycles. The van der Waals surface area contributed by atoms with Crippen molar-refractivity contribution in [2.75, 3.05) is 45.7 Å². The second-order valence-corrected chi connectivity index (χ2v) is 7.73. The molecule has 1 heterocycles. The largest absolute Gasteiger partial charge is 0.379 e. The summed E-state index contributed by atoms with van der Waals surface area (Å²) < 4.78 is 11.0. The zero-order chi connectivity index (χ0) is 18.6. The second kappa shape index (κ2) is 12.2. The predicted octanol–water partition coefficient (Wildman–Crippen LogP) is 3.14. The van der Waals surface area contributed by atoms with Gasteiger partial charge in [0, 0.05) is 44.3 Å². The van der Waals surface area contributed by atoms with Crippen LogP contribution in [-0.2, 0) is 22.6 Å². The van der Waals surface area contributed by atoms with E-state index in [1.54, 1.807) is 0 Å². The van der Waals surface area contributed by atoms with Gasteiger partial charge in [-0.3, -0.25) is 4.99 Å². The number of ether oxygens (including phenoxy) is 2. The third-order valence-electron chi connectivity index (χ3n) is 4.39. The van der Waals surface area contributed by atoms with E-state index in [2.05, 4.69) is 58.2 Å². The van der Waals surface area contributed by atoms with Crippen LogP contribution in [0, 0.1) is 0 Å². The second-order valence-electron chi connectivity index (χ2n) is 6.32. The summed E-state index contributed by atoms with van der Waals surface area (Å²) in [4.78, 5) is 6.86. The van der Waals surface area contributed by atoms with Gasteiger partial charge >= 0.3 is 0 Å². The Kier molecular flexibility index (Phi) is 9.89. The average Bonchev–Trinajstić information content (AvgIpc) is 2.69. The van der Waals surface area contributed by atoms with Gasteiger partial charge in [-0.15, -0.1) is 0 Å². The van der Waals surface area contributed by atoms with Crippen molar-refractivity contribution in [3.05, 3.63) is 35.4 Å². The van der Waals surface area contributed by atoms with Crippen LogP contribution < -0.4 is 5.32 Å². The first-order chi connectivity index (χ1) is 12.8. The molecule has 146 valence electrons. The molecule has 0 spiro atoms. The lowest BCUT2D eigenvalue weighted by Crippen LogP contribution is -2.47. The first-order valence-corrected chi connectivity index (χ1v) is 10.6. The molecule has 1 saturated heterocycles. The Hall–Kier alpha value is -1.24. The van der Waals surface area contributed by atoms with Gasteiger partial charge in [0.15, 0.2) is 5.96 Å². The van der Waals surface area contributed by atoms with E-state index >= 15 is 0 Å². The van der Waals surface area contributed by atoms with Crippen molar-refractivity contribution in [2.45, 2.75) is 38.7 Å². The summed E-state index contributed by atoms with van der Waals surface area (Å²) in [6.07, 6.45) is 1.21. The van der Waals surface area contributed by atoms with Crippen molar-refractivity contribution >= 4 is 17.7 Å². The van der Waals surface area contributed by atoms with E-state index in [0.717, 1.165) is 32.2 Å². The van der Waals surface area contributed by atoms with E-state index in [0.29, 0.717) is 25.1 Å². The lowest BCUT2D eigenvalue weighted by Gasteiger charge is -2.34. The highest BCUT2D eigenvalue weighted by Gasteiger charge is 2.21. The maximum atomic E-state index is 5.66. The van der Waals surface area contributed by atoms with Gasteiger partial charge in [0.2, 0.25) is 0 Å². The molecular weight excluding hydrogens is 346 g/mol. The van der Waals surface area contributed by atoms with Gasteiger partial charge in [-0.05, 0) is 24.5 Å². The van der Waals surface area contributed by atoms with Crippen LogP contribution in [0.3, 0.4) is 0 Å². The minimum Gasteiger partial charge on any atom is -0.379 e. The van der Waals surface area contributed by atoms with Crippen LogP contribution in [-0.4, -0.2) is 61.8 Å². The third-order valence-corrected chi connectivity index (χ3v) is 5.76. The number of benzene rings is 1. The highest BCUT2D eigenvalue weighted by atomic mass is 32.2. The fourth-order valence-electron chi connectivity index (χ4n) is 2.95. The average molecular weight is 380 g/mol. The Morgan fingerprint density at radius 1 is 1.27 bits per heavy atom. The molecule has 0 aromatic heterocycles. The van der Waals surface area contributed by atoms with Crippen molar-refractivity contribution in [1.29, 1.82) is 0 Å². The Labute approximate surface area is 162 Å².